The smallest absolute Gasteiger partial charge is 0.224 e. The molecule has 0 aliphatic rings. The lowest BCUT2D eigenvalue weighted by Gasteiger charge is -2.06. The number of rotatable bonds is 6. The molecule has 18 heavy (non-hydrogen) atoms. The van der Waals surface area contributed by atoms with Crippen LogP contribution >= 0.6 is 11.3 Å². The van der Waals surface area contributed by atoms with Gasteiger partial charge in [0.15, 0.2) is 0 Å². The van der Waals surface area contributed by atoms with Crippen LogP contribution in [0.2, 0.25) is 0 Å². The summed E-state index contributed by atoms with van der Waals surface area (Å²) in [6.07, 6.45) is 2.84. The van der Waals surface area contributed by atoms with E-state index in [1.807, 2.05) is 6.07 Å². The second kappa shape index (κ2) is 6.35. The highest BCUT2D eigenvalue weighted by atomic mass is 32.1. The lowest BCUT2D eigenvalue weighted by Crippen LogP contribution is -2.06. The van der Waals surface area contributed by atoms with Gasteiger partial charge in [-0.2, -0.15) is 4.98 Å². The van der Waals surface area contributed by atoms with Crippen molar-refractivity contribution in [2.75, 3.05) is 17.2 Å². The van der Waals surface area contributed by atoms with E-state index in [-0.39, 0.29) is 0 Å². The van der Waals surface area contributed by atoms with Crippen LogP contribution in [0.5, 0.6) is 0 Å². The van der Waals surface area contributed by atoms with Gasteiger partial charge >= 0.3 is 0 Å². The number of nitrogens with one attached hydrogen (secondary N) is 2. The molecule has 0 amide bonds. The van der Waals surface area contributed by atoms with Crippen molar-refractivity contribution in [1.82, 2.24) is 9.97 Å². The lowest BCUT2D eigenvalue weighted by molar-refractivity contribution is 0.950. The van der Waals surface area contributed by atoms with Crippen LogP contribution in [0.15, 0.2) is 24.4 Å². The van der Waals surface area contributed by atoms with Gasteiger partial charge in [0.05, 0.1) is 6.54 Å². The Labute approximate surface area is 111 Å². The van der Waals surface area contributed by atoms with Gasteiger partial charge in [0, 0.05) is 22.5 Å². The molecule has 0 radical (unpaired) electrons. The first-order chi connectivity index (χ1) is 8.78. The molecule has 2 rings (SSSR count). The number of nitrogens with zero attached hydrogens (tertiary/aromatic N) is 2. The summed E-state index contributed by atoms with van der Waals surface area (Å²) in [6, 6.07) is 6.16. The van der Waals surface area contributed by atoms with Gasteiger partial charge in [-0.15, -0.1) is 11.3 Å². The number of aryl methyl sites for hydroxylation is 1. The Balaban J connectivity index is 1.92. The number of aromatic nitrogens is 2. The second-order valence-corrected chi connectivity index (χ2v) is 5.43. The van der Waals surface area contributed by atoms with Crippen LogP contribution < -0.4 is 10.6 Å². The average Bonchev–Trinajstić information content (AvgIpc) is 2.80. The maximum atomic E-state index is 4.40. The van der Waals surface area contributed by atoms with Crippen molar-refractivity contribution in [1.29, 1.82) is 0 Å². The van der Waals surface area contributed by atoms with E-state index >= 15 is 0 Å². The minimum Gasteiger partial charge on any atom is -0.365 e. The average molecular weight is 262 g/mol. The predicted octanol–water partition coefficient (Wildman–Crippen LogP) is 3.28. The summed E-state index contributed by atoms with van der Waals surface area (Å²) < 4.78 is 0. The molecule has 0 saturated heterocycles. The van der Waals surface area contributed by atoms with Crippen molar-refractivity contribution >= 4 is 23.1 Å². The van der Waals surface area contributed by atoms with Gasteiger partial charge < -0.3 is 10.6 Å². The Morgan fingerprint density at radius 1 is 1.22 bits per heavy atom. The molecule has 0 fully saturated rings. The van der Waals surface area contributed by atoms with Gasteiger partial charge in [-0.3, -0.25) is 0 Å². The molecule has 0 atom stereocenters. The SMILES string of the molecule is CCCNc1nccc(NCc2ccc(C)s2)n1. The van der Waals surface area contributed by atoms with Crippen LogP contribution in [0, 0.1) is 6.92 Å². The topological polar surface area (TPSA) is 49.8 Å². The van der Waals surface area contributed by atoms with Crippen molar-refractivity contribution in [3.63, 3.8) is 0 Å². The zero-order valence-corrected chi connectivity index (χ0v) is 11.5. The van der Waals surface area contributed by atoms with Gasteiger partial charge in [0.1, 0.15) is 5.82 Å². The van der Waals surface area contributed by atoms with Crippen molar-refractivity contribution in [3.8, 4) is 0 Å². The minimum atomic E-state index is 0.684. The van der Waals surface area contributed by atoms with Crippen LogP contribution in [0.1, 0.15) is 23.1 Å². The number of hydrogen-bond acceptors (Lipinski definition) is 5. The summed E-state index contributed by atoms with van der Waals surface area (Å²) in [6.45, 7) is 5.94. The molecule has 2 N–H and O–H groups in total. The fraction of sp³-hybridized carbons (Fsp3) is 0.385. The Kier molecular flexibility index (Phi) is 4.52. The highest BCUT2D eigenvalue weighted by molar-refractivity contribution is 7.11. The maximum Gasteiger partial charge on any atom is 0.224 e. The largest absolute Gasteiger partial charge is 0.365 e. The first kappa shape index (κ1) is 12.8. The fourth-order valence-electron chi connectivity index (χ4n) is 1.54. The fourth-order valence-corrected chi connectivity index (χ4v) is 2.37. The van der Waals surface area contributed by atoms with E-state index in [0.717, 1.165) is 25.3 Å². The Bertz CT molecular complexity index is 495. The molecule has 0 aromatic carbocycles. The Morgan fingerprint density at radius 2 is 2.11 bits per heavy atom. The molecular formula is C13H18N4S. The van der Waals surface area contributed by atoms with Crippen molar-refractivity contribution < 1.29 is 0 Å². The lowest BCUT2D eigenvalue weighted by atomic mass is 10.4. The van der Waals surface area contributed by atoms with Gasteiger partial charge in [0.2, 0.25) is 5.95 Å². The summed E-state index contributed by atoms with van der Waals surface area (Å²) in [7, 11) is 0. The number of thiophene rings is 1. The third-order valence-corrected chi connectivity index (χ3v) is 3.43. The van der Waals surface area contributed by atoms with Crippen LogP contribution in [-0.2, 0) is 6.54 Å². The Hall–Kier alpha value is -1.62. The standard InChI is InChI=1S/C13H18N4S/c1-3-7-14-13-15-8-6-12(17-13)16-9-11-5-4-10(2)18-11/h4-6,8H,3,7,9H2,1-2H3,(H2,14,15,16,17). The molecule has 0 unspecified atom stereocenters. The van der Waals surface area contributed by atoms with E-state index in [1.165, 1.54) is 9.75 Å². The molecule has 0 aliphatic carbocycles. The molecule has 2 heterocycles. The molecule has 0 saturated carbocycles. The normalized spacial score (nSPS) is 10.3. The highest BCUT2D eigenvalue weighted by Crippen LogP contribution is 2.16. The number of anilines is 2. The predicted molar refractivity (Wildman–Crippen MR) is 77.2 cm³/mol. The molecule has 2 aromatic heterocycles. The van der Waals surface area contributed by atoms with Crippen LogP contribution in [0.3, 0.4) is 0 Å². The first-order valence-electron chi connectivity index (χ1n) is 6.14. The van der Waals surface area contributed by atoms with Gasteiger partial charge in [-0.25, -0.2) is 4.98 Å². The van der Waals surface area contributed by atoms with Gasteiger partial charge in [-0.05, 0) is 31.5 Å². The molecule has 0 spiro atoms. The monoisotopic (exact) mass is 262 g/mol. The zero-order valence-electron chi connectivity index (χ0n) is 10.7. The van der Waals surface area contributed by atoms with Crippen molar-refractivity contribution in [2.45, 2.75) is 26.8 Å². The highest BCUT2D eigenvalue weighted by Gasteiger charge is 2.00. The quantitative estimate of drug-likeness (QED) is 0.839. The van der Waals surface area contributed by atoms with Crippen LogP contribution in [0.25, 0.3) is 0 Å². The summed E-state index contributed by atoms with van der Waals surface area (Å²) in [5, 5.41) is 6.49. The minimum absolute atomic E-state index is 0.684. The summed E-state index contributed by atoms with van der Waals surface area (Å²) in [4.78, 5) is 11.2. The summed E-state index contributed by atoms with van der Waals surface area (Å²) in [5.74, 6) is 1.54. The van der Waals surface area contributed by atoms with Crippen LogP contribution in [0.4, 0.5) is 11.8 Å². The van der Waals surface area contributed by atoms with E-state index < -0.39 is 0 Å². The third-order valence-electron chi connectivity index (χ3n) is 2.43. The van der Waals surface area contributed by atoms with E-state index in [0.29, 0.717) is 5.95 Å². The van der Waals surface area contributed by atoms with E-state index in [1.54, 1.807) is 17.5 Å². The van der Waals surface area contributed by atoms with Crippen molar-refractivity contribution in [2.24, 2.45) is 0 Å². The molecule has 4 nitrogen and oxygen atoms in total. The third kappa shape index (κ3) is 3.70. The van der Waals surface area contributed by atoms with E-state index in [9.17, 15) is 0 Å². The maximum absolute atomic E-state index is 4.40. The number of hydrogen-bond donors (Lipinski definition) is 2. The van der Waals surface area contributed by atoms with E-state index in [2.05, 4.69) is 46.6 Å². The van der Waals surface area contributed by atoms with Gasteiger partial charge in [-0.1, -0.05) is 6.92 Å². The second-order valence-electron chi connectivity index (χ2n) is 4.06. The summed E-state index contributed by atoms with van der Waals surface area (Å²) in [5.41, 5.74) is 0. The molecular weight excluding hydrogens is 244 g/mol. The van der Waals surface area contributed by atoms with Crippen molar-refractivity contribution in [3.05, 3.63) is 34.2 Å². The molecule has 5 heteroatoms. The molecule has 0 bridgehead atoms. The molecule has 0 aliphatic heterocycles. The summed E-state index contributed by atoms with van der Waals surface area (Å²) >= 11 is 1.80. The van der Waals surface area contributed by atoms with Crippen LogP contribution in [-0.4, -0.2) is 16.5 Å². The molecule has 2 aromatic rings. The van der Waals surface area contributed by atoms with Gasteiger partial charge in [0.25, 0.3) is 0 Å². The Morgan fingerprint density at radius 3 is 2.83 bits per heavy atom. The molecule has 96 valence electrons. The first-order valence-corrected chi connectivity index (χ1v) is 6.95. The zero-order chi connectivity index (χ0) is 12.8. The van der Waals surface area contributed by atoms with E-state index in [4.69, 9.17) is 0 Å².